The van der Waals surface area contributed by atoms with Crippen LogP contribution < -0.4 is 4.74 Å². The summed E-state index contributed by atoms with van der Waals surface area (Å²) in [6, 6.07) is 1.63. The summed E-state index contributed by atoms with van der Waals surface area (Å²) < 4.78 is 10.4. The van der Waals surface area contributed by atoms with E-state index in [9.17, 15) is 4.79 Å². The highest BCUT2D eigenvalue weighted by atomic mass is 16.5. The Labute approximate surface area is 119 Å². The van der Waals surface area contributed by atoms with Crippen molar-refractivity contribution in [3.05, 3.63) is 23.5 Å². The molecular formula is C15H20N2O3. The van der Waals surface area contributed by atoms with Crippen molar-refractivity contribution < 1.29 is 14.3 Å². The van der Waals surface area contributed by atoms with Crippen LogP contribution in [0.2, 0.25) is 0 Å². The summed E-state index contributed by atoms with van der Waals surface area (Å²) >= 11 is 0. The summed E-state index contributed by atoms with van der Waals surface area (Å²) in [6.07, 6.45) is 7.78. The highest BCUT2D eigenvalue weighted by Gasteiger charge is 2.14. The van der Waals surface area contributed by atoms with Crippen LogP contribution >= 0.6 is 0 Å². The number of esters is 1. The van der Waals surface area contributed by atoms with Gasteiger partial charge in [-0.25, -0.2) is 9.78 Å². The number of hydrogen-bond donors (Lipinski definition) is 0. The lowest BCUT2D eigenvalue weighted by Gasteiger charge is -2.11. The summed E-state index contributed by atoms with van der Waals surface area (Å²) in [5.74, 6) is 2.48. The summed E-state index contributed by atoms with van der Waals surface area (Å²) in [5, 5.41) is 0. The van der Waals surface area contributed by atoms with Gasteiger partial charge in [0, 0.05) is 6.54 Å². The molecule has 0 unspecified atom stereocenters. The third-order valence-electron chi connectivity index (χ3n) is 2.51. The highest BCUT2D eigenvalue weighted by molar-refractivity contribution is 5.90. The number of carbonyl (C=O) groups excluding carboxylic acids is 1. The maximum atomic E-state index is 11.6. The maximum absolute atomic E-state index is 11.6. The molecule has 5 heteroatoms. The van der Waals surface area contributed by atoms with Gasteiger partial charge in [0.1, 0.15) is 5.75 Å². The second kappa shape index (κ2) is 8.18. The van der Waals surface area contributed by atoms with Gasteiger partial charge in [-0.05, 0) is 33.5 Å². The van der Waals surface area contributed by atoms with Gasteiger partial charge < -0.3 is 14.4 Å². The summed E-state index contributed by atoms with van der Waals surface area (Å²) in [5.41, 5.74) is 0.531. The van der Waals surface area contributed by atoms with Crippen molar-refractivity contribution >= 4 is 5.97 Å². The fraction of sp³-hybridized carbons (Fsp3) is 0.467. The average molecular weight is 276 g/mol. The van der Waals surface area contributed by atoms with E-state index in [1.807, 2.05) is 14.1 Å². The molecule has 1 aromatic rings. The van der Waals surface area contributed by atoms with Gasteiger partial charge in [-0.1, -0.05) is 5.92 Å². The van der Waals surface area contributed by atoms with Crippen molar-refractivity contribution in [1.82, 2.24) is 9.88 Å². The van der Waals surface area contributed by atoms with Gasteiger partial charge in [0.05, 0.1) is 25.0 Å². The molecular weight excluding hydrogens is 256 g/mol. The van der Waals surface area contributed by atoms with E-state index in [0.29, 0.717) is 17.9 Å². The Morgan fingerprint density at radius 1 is 1.50 bits per heavy atom. The molecule has 0 aliphatic carbocycles. The molecule has 20 heavy (non-hydrogen) atoms. The number of terminal acetylenes is 1. The number of aromatic nitrogens is 1. The summed E-state index contributed by atoms with van der Waals surface area (Å²) in [6.45, 7) is 3.53. The van der Waals surface area contributed by atoms with Gasteiger partial charge in [0.2, 0.25) is 0 Å². The van der Waals surface area contributed by atoms with Gasteiger partial charge in [-0.3, -0.25) is 0 Å². The van der Waals surface area contributed by atoms with Gasteiger partial charge in [-0.2, -0.15) is 0 Å². The number of rotatable bonds is 7. The maximum Gasteiger partial charge on any atom is 0.358 e. The van der Waals surface area contributed by atoms with Gasteiger partial charge in [-0.15, -0.1) is 6.42 Å². The lowest BCUT2D eigenvalue weighted by atomic mass is 10.2. The van der Waals surface area contributed by atoms with Crippen LogP contribution in [0.5, 0.6) is 5.75 Å². The molecule has 1 heterocycles. The Hall–Kier alpha value is -2.06. The first-order valence-corrected chi connectivity index (χ1v) is 6.49. The molecule has 0 spiro atoms. The Bertz CT molecular complexity index is 492. The molecule has 1 rings (SSSR count). The van der Waals surface area contributed by atoms with Gasteiger partial charge in [0.15, 0.2) is 5.69 Å². The minimum Gasteiger partial charge on any atom is -0.492 e. The lowest BCUT2D eigenvalue weighted by Crippen LogP contribution is -2.15. The smallest absolute Gasteiger partial charge is 0.358 e. The third-order valence-corrected chi connectivity index (χ3v) is 2.51. The minimum atomic E-state index is -0.514. The standard InChI is InChI=1S/C15H20N2O3/c1-5-12-10-13(20-9-7-8-17(3)4)11-16-14(12)15(18)19-6-2/h1,10-11H,6-9H2,2-4H3. The predicted octanol–water partition coefficient (Wildman–Crippen LogP) is 1.57. The molecule has 1 aromatic heterocycles. The minimum absolute atomic E-state index is 0.148. The SMILES string of the molecule is C#Cc1cc(OCCCN(C)C)cnc1C(=O)OCC. The molecule has 0 aliphatic rings. The number of hydrogen-bond acceptors (Lipinski definition) is 5. The molecule has 0 aliphatic heterocycles. The van der Waals surface area contributed by atoms with Crippen molar-refractivity contribution in [2.24, 2.45) is 0 Å². The monoisotopic (exact) mass is 276 g/mol. The average Bonchev–Trinajstić information content (AvgIpc) is 2.43. The molecule has 5 nitrogen and oxygen atoms in total. The molecule has 0 saturated carbocycles. The topological polar surface area (TPSA) is 51.7 Å². The van der Waals surface area contributed by atoms with E-state index in [1.165, 1.54) is 6.20 Å². The van der Waals surface area contributed by atoms with Crippen LogP contribution in [0.25, 0.3) is 0 Å². The Kier molecular flexibility index (Phi) is 6.54. The fourth-order valence-electron chi connectivity index (χ4n) is 1.57. The third kappa shape index (κ3) is 4.90. The first-order chi connectivity index (χ1) is 9.58. The van der Waals surface area contributed by atoms with Crippen molar-refractivity contribution in [1.29, 1.82) is 0 Å². The van der Waals surface area contributed by atoms with E-state index in [1.54, 1.807) is 13.0 Å². The predicted molar refractivity (Wildman–Crippen MR) is 76.8 cm³/mol. The Morgan fingerprint density at radius 2 is 2.25 bits per heavy atom. The second-order valence-corrected chi connectivity index (χ2v) is 4.44. The highest BCUT2D eigenvalue weighted by Crippen LogP contribution is 2.15. The number of carbonyl (C=O) groups is 1. The van der Waals surface area contributed by atoms with Crippen molar-refractivity contribution in [2.75, 3.05) is 33.9 Å². The van der Waals surface area contributed by atoms with Crippen LogP contribution in [0, 0.1) is 12.3 Å². The zero-order chi connectivity index (χ0) is 15.0. The van der Waals surface area contributed by atoms with Crippen LogP contribution in [0.4, 0.5) is 0 Å². The summed E-state index contributed by atoms with van der Waals surface area (Å²) in [4.78, 5) is 17.8. The van der Waals surface area contributed by atoms with Crippen LogP contribution in [-0.4, -0.2) is 49.7 Å². The van der Waals surface area contributed by atoms with Crippen LogP contribution in [0.3, 0.4) is 0 Å². The molecule has 0 saturated heterocycles. The van der Waals surface area contributed by atoms with Crippen molar-refractivity contribution in [3.8, 4) is 18.1 Å². The summed E-state index contributed by atoms with van der Waals surface area (Å²) in [7, 11) is 4.01. The van der Waals surface area contributed by atoms with Crippen LogP contribution in [0.15, 0.2) is 12.3 Å². The van der Waals surface area contributed by atoms with Crippen LogP contribution in [-0.2, 0) is 4.74 Å². The lowest BCUT2D eigenvalue weighted by molar-refractivity contribution is 0.0519. The zero-order valence-electron chi connectivity index (χ0n) is 12.2. The molecule has 0 fully saturated rings. The second-order valence-electron chi connectivity index (χ2n) is 4.44. The molecule has 0 aromatic carbocycles. The van der Waals surface area contributed by atoms with E-state index in [4.69, 9.17) is 15.9 Å². The zero-order valence-corrected chi connectivity index (χ0v) is 12.2. The molecule has 0 radical (unpaired) electrons. The first kappa shape index (κ1) is 16.0. The fourth-order valence-corrected chi connectivity index (χ4v) is 1.57. The Balaban J connectivity index is 2.68. The number of ether oxygens (including phenoxy) is 2. The number of pyridine rings is 1. The quantitative estimate of drug-likeness (QED) is 0.430. The normalized spacial score (nSPS) is 10.2. The Morgan fingerprint density at radius 3 is 2.85 bits per heavy atom. The first-order valence-electron chi connectivity index (χ1n) is 6.49. The van der Waals surface area contributed by atoms with Crippen molar-refractivity contribution in [2.45, 2.75) is 13.3 Å². The molecule has 0 amide bonds. The largest absolute Gasteiger partial charge is 0.492 e. The van der Waals surface area contributed by atoms with Crippen molar-refractivity contribution in [3.63, 3.8) is 0 Å². The van der Waals surface area contributed by atoms with E-state index in [2.05, 4.69) is 15.8 Å². The van der Waals surface area contributed by atoms with Crippen LogP contribution in [0.1, 0.15) is 29.4 Å². The van der Waals surface area contributed by atoms with E-state index >= 15 is 0 Å². The van der Waals surface area contributed by atoms with E-state index in [-0.39, 0.29) is 12.3 Å². The van der Waals surface area contributed by atoms with Gasteiger partial charge >= 0.3 is 5.97 Å². The molecule has 0 atom stereocenters. The number of nitrogens with zero attached hydrogens (tertiary/aromatic N) is 2. The van der Waals surface area contributed by atoms with E-state index in [0.717, 1.165) is 13.0 Å². The van der Waals surface area contributed by atoms with Gasteiger partial charge in [0.25, 0.3) is 0 Å². The molecule has 108 valence electrons. The molecule has 0 bridgehead atoms. The van der Waals surface area contributed by atoms with E-state index < -0.39 is 5.97 Å². The molecule has 0 N–H and O–H groups in total.